The fraction of sp³-hybridized carbons (Fsp3) is 0.308. The summed E-state index contributed by atoms with van der Waals surface area (Å²) < 4.78 is 5.80. The second-order valence-electron chi connectivity index (χ2n) is 9.27. The molecule has 1 aliphatic rings. The summed E-state index contributed by atoms with van der Waals surface area (Å²) in [6.07, 6.45) is 5.90. The van der Waals surface area contributed by atoms with E-state index >= 15 is 0 Å². The molecule has 33 heavy (non-hydrogen) atoms. The maximum atomic E-state index is 12.6. The number of hydrogen-bond acceptors (Lipinski definition) is 4. The molecule has 0 aliphatic heterocycles. The molecule has 0 saturated carbocycles. The maximum Gasteiger partial charge on any atom is 0.249 e. The number of thiophene rings is 1. The second-order valence-corrected chi connectivity index (χ2v) is 11.2. The third-order valence-corrected chi connectivity index (χ3v) is 7.78. The Balaban J connectivity index is 1.47. The van der Waals surface area contributed by atoms with E-state index in [0.29, 0.717) is 38.0 Å². The van der Waals surface area contributed by atoms with E-state index in [2.05, 4.69) is 32.2 Å². The van der Waals surface area contributed by atoms with Crippen molar-refractivity contribution < 1.29 is 9.21 Å². The van der Waals surface area contributed by atoms with E-state index in [1.54, 1.807) is 36.4 Å². The lowest BCUT2D eigenvalue weighted by atomic mass is 9.72. The lowest BCUT2D eigenvalue weighted by molar-refractivity contribution is -0.111. The summed E-state index contributed by atoms with van der Waals surface area (Å²) in [5, 5.41) is 14.3. The first-order chi connectivity index (χ1) is 15.7. The number of amides is 1. The van der Waals surface area contributed by atoms with Gasteiger partial charge in [-0.3, -0.25) is 4.79 Å². The predicted octanol–water partition coefficient (Wildman–Crippen LogP) is 7.99. The first-order valence-electron chi connectivity index (χ1n) is 10.7. The van der Waals surface area contributed by atoms with Crippen molar-refractivity contribution in [1.29, 1.82) is 5.26 Å². The van der Waals surface area contributed by atoms with Gasteiger partial charge in [-0.2, -0.15) is 5.26 Å². The minimum absolute atomic E-state index is 0.221. The number of anilines is 1. The number of furan rings is 1. The molecule has 4 nitrogen and oxygen atoms in total. The molecule has 0 spiro atoms. The highest BCUT2D eigenvalue weighted by Gasteiger charge is 2.32. The third-order valence-electron chi connectivity index (χ3n) is 6.06. The maximum absolute atomic E-state index is 12.6. The van der Waals surface area contributed by atoms with Gasteiger partial charge in [0, 0.05) is 21.5 Å². The van der Waals surface area contributed by atoms with Gasteiger partial charge in [0.1, 0.15) is 22.6 Å². The van der Waals surface area contributed by atoms with Crippen LogP contribution >= 0.6 is 34.5 Å². The molecule has 0 saturated heterocycles. The Bertz CT molecular complexity index is 1270. The molecule has 1 N–H and O–H groups in total. The topological polar surface area (TPSA) is 66.0 Å². The first-order valence-corrected chi connectivity index (χ1v) is 12.3. The molecule has 0 fully saturated rings. The monoisotopic (exact) mass is 498 g/mol. The highest BCUT2D eigenvalue weighted by atomic mass is 35.5. The smallest absolute Gasteiger partial charge is 0.249 e. The number of halogens is 2. The van der Waals surface area contributed by atoms with Crippen molar-refractivity contribution >= 4 is 51.5 Å². The lowest BCUT2D eigenvalue weighted by Crippen LogP contribution is -2.26. The van der Waals surface area contributed by atoms with E-state index in [0.717, 1.165) is 30.4 Å². The summed E-state index contributed by atoms with van der Waals surface area (Å²) in [4.78, 5) is 13.8. The summed E-state index contributed by atoms with van der Waals surface area (Å²) in [5.74, 6) is 1.37. The minimum Gasteiger partial charge on any atom is -0.457 e. The number of nitriles is 1. The van der Waals surface area contributed by atoms with Crippen molar-refractivity contribution in [3.05, 3.63) is 68.2 Å². The fourth-order valence-electron chi connectivity index (χ4n) is 4.12. The highest BCUT2D eigenvalue weighted by molar-refractivity contribution is 7.16. The Labute approximate surface area is 207 Å². The molecule has 0 unspecified atom stereocenters. The summed E-state index contributed by atoms with van der Waals surface area (Å²) in [7, 11) is 0. The number of rotatable bonds is 4. The molecule has 1 aliphatic carbocycles. The van der Waals surface area contributed by atoms with Crippen molar-refractivity contribution in [2.45, 2.75) is 40.0 Å². The van der Waals surface area contributed by atoms with Gasteiger partial charge >= 0.3 is 0 Å². The van der Waals surface area contributed by atoms with Crippen LogP contribution in [-0.2, 0) is 17.6 Å². The van der Waals surface area contributed by atoms with Crippen LogP contribution in [0, 0.1) is 22.7 Å². The van der Waals surface area contributed by atoms with Crippen LogP contribution in [0.15, 0.2) is 40.8 Å². The van der Waals surface area contributed by atoms with Gasteiger partial charge in [-0.1, -0.05) is 44.0 Å². The zero-order chi connectivity index (χ0) is 23.8. The lowest BCUT2D eigenvalue weighted by Gasteiger charge is -2.33. The van der Waals surface area contributed by atoms with Gasteiger partial charge in [0.2, 0.25) is 5.91 Å². The van der Waals surface area contributed by atoms with Crippen molar-refractivity contribution in [1.82, 2.24) is 0 Å². The average Bonchev–Trinajstić information content (AvgIpc) is 3.35. The van der Waals surface area contributed by atoms with E-state index in [-0.39, 0.29) is 11.3 Å². The molecule has 1 atom stereocenters. The molecular formula is C26H24Cl2N2O2S. The van der Waals surface area contributed by atoms with Crippen LogP contribution in [0.25, 0.3) is 17.4 Å². The van der Waals surface area contributed by atoms with Gasteiger partial charge < -0.3 is 9.73 Å². The van der Waals surface area contributed by atoms with Gasteiger partial charge in [0.15, 0.2) is 0 Å². The number of benzene rings is 1. The number of hydrogen-bond donors (Lipinski definition) is 1. The molecule has 4 rings (SSSR count). The molecule has 1 aromatic carbocycles. The molecule has 7 heteroatoms. The Morgan fingerprint density at radius 2 is 2.06 bits per heavy atom. The van der Waals surface area contributed by atoms with Crippen molar-refractivity contribution in [2.24, 2.45) is 11.3 Å². The standard InChI is InChI=1S/C26H24Cl2N2O2S/c1-26(2,3)15-4-8-18-20(14-29)25(33-23(18)12-15)30-24(31)11-7-17-6-10-22(32-17)19-9-5-16(27)13-21(19)28/h5-7,9-11,13,15H,4,8,12H2,1-3H3,(H,30,31)/b11-7+/t15-/m0/s1. The number of carbonyl (C=O) groups is 1. The summed E-state index contributed by atoms with van der Waals surface area (Å²) in [6.45, 7) is 6.78. The fourth-order valence-corrected chi connectivity index (χ4v) is 5.90. The average molecular weight is 499 g/mol. The zero-order valence-electron chi connectivity index (χ0n) is 18.7. The van der Waals surface area contributed by atoms with Crippen LogP contribution in [0.1, 0.15) is 49.0 Å². The largest absolute Gasteiger partial charge is 0.457 e. The van der Waals surface area contributed by atoms with E-state index in [4.69, 9.17) is 27.6 Å². The third kappa shape index (κ3) is 5.19. The Kier molecular flexibility index (Phi) is 6.72. The Morgan fingerprint density at radius 1 is 1.27 bits per heavy atom. The van der Waals surface area contributed by atoms with E-state index in [1.807, 2.05) is 0 Å². The molecule has 0 bridgehead atoms. The molecular weight excluding hydrogens is 475 g/mol. The van der Waals surface area contributed by atoms with Crippen molar-refractivity contribution in [2.75, 3.05) is 5.32 Å². The van der Waals surface area contributed by atoms with Crippen LogP contribution in [-0.4, -0.2) is 5.91 Å². The predicted molar refractivity (Wildman–Crippen MR) is 136 cm³/mol. The quantitative estimate of drug-likeness (QED) is 0.370. The van der Waals surface area contributed by atoms with Gasteiger partial charge in [-0.05, 0) is 72.6 Å². The number of carbonyl (C=O) groups excluding carboxylic acids is 1. The van der Waals surface area contributed by atoms with Crippen molar-refractivity contribution in [3.8, 4) is 17.4 Å². The van der Waals surface area contributed by atoms with Crippen molar-refractivity contribution in [3.63, 3.8) is 0 Å². The van der Waals surface area contributed by atoms with Crippen LogP contribution in [0.5, 0.6) is 0 Å². The molecule has 2 heterocycles. The van der Waals surface area contributed by atoms with E-state index in [1.165, 1.54) is 22.3 Å². The Morgan fingerprint density at radius 3 is 2.76 bits per heavy atom. The first kappa shape index (κ1) is 23.6. The zero-order valence-corrected chi connectivity index (χ0v) is 21.0. The van der Waals surface area contributed by atoms with Gasteiger partial charge in [-0.15, -0.1) is 11.3 Å². The number of fused-ring (bicyclic) bond motifs is 1. The number of nitrogens with zero attached hydrogens (tertiary/aromatic N) is 1. The molecule has 0 radical (unpaired) electrons. The van der Waals surface area contributed by atoms with Gasteiger partial charge in [0.05, 0.1) is 10.6 Å². The van der Waals surface area contributed by atoms with Crippen LogP contribution in [0.2, 0.25) is 10.0 Å². The summed E-state index contributed by atoms with van der Waals surface area (Å²) in [6, 6.07) is 11.0. The Hall–Kier alpha value is -2.52. The summed E-state index contributed by atoms with van der Waals surface area (Å²) >= 11 is 13.7. The molecule has 1 amide bonds. The van der Waals surface area contributed by atoms with Crippen LogP contribution in [0.4, 0.5) is 5.00 Å². The molecule has 170 valence electrons. The SMILES string of the molecule is CC(C)(C)[C@H]1CCc2c(sc(NC(=O)/C=C/c3ccc(-c4ccc(Cl)cc4Cl)o3)c2C#N)C1. The van der Waals surface area contributed by atoms with Crippen LogP contribution in [0.3, 0.4) is 0 Å². The van der Waals surface area contributed by atoms with Gasteiger partial charge in [0.25, 0.3) is 0 Å². The van der Waals surface area contributed by atoms with E-state index < -0.39 is 0 Å². The second kappa shape index (κ2) is 9.38. The van der Waals surface area contributed by atoms with Gasteiger partial charge in [-0.25, -0.2) is 0 Å². The normalized spacial score (nSPS) is 15.9. The minimum atomic E-state index is -0.306. The molecule has 3 aromatic rings. The number of nitrogens with one attached hydrogen (secondary N) is 1. The highest BCUT2D eigenvalue weighted by Crippen LogP contribution is 2.44. The molecule has 2 aromatic heterocycles. The summed E-state index contributed by atoms with van der Waals surface area (Å²) in [5.41, 5.74) is 2.64. The van der Waals surface area contributed by atoms with Crippen LogP contribution < -0.4 is 5.32 Å². The van der Waals surface area contributed by atoms with E-state index in [9.17, 15) is 10.1 Å².